The molecule has 0 radical (unpaired) electrons. The minimum Gasteiger partial charge on any atom is -0.338 e. The molecule has 1 aliphatic heterocycles. The van der Waals surface area contributed by atoms with Gasteiger partial charge in [0.2, 0.25) is 5.89 Å². The minimum atomic E-state index is 0.0525. The van der Waals surface area contributed by atoms with E-state index in [9.17, 15) is 0 Å². The van der Waals surface area contributed by atoms with E-state index in [1.54, 1.807) is 0 Å². The van der Waals surface area contributed by atoms with Gasteiger partial charge in [-0.25, -0.2) is 0 Å². The fourth-order valence-corrected chi connectivity index (χ4v) is 2.75. The summed E-state index contributed by atoms with van der Waals surface area (Å²) in [5, 5.41) is 3.95. The molecule has 1 saturated heterocycles. The summed E-state index contributed by atoms with van der Waals surface area (Å²) in [5.74, 6) is 2.52. The average Bonchev–Trinajstić information content (AvgIpc) is 2.72. The third-order valence-electron chi connectivity index (χ3n) is 2.33. The first-order valence-corrected chi connectivity index (χ1v) is 5.40. The Labute approximate surface area is 81.3 Å². The second-order valence-corrected chi connectivity index (χ2v) is 5.00. The van der Waals surface area contributed by atoms with Crippen LogP contribution in [0.2, 0.25) is 0 Å². The highest BCUT2D eigenvalue weighted by Crippen LogP contribution is 2.44. The molecule has 72 valence electrons. The van der Waals surface area contributed by atoms with E-state index in [0.717, 1.165) is 12.2 Å². The van der Waals surface area contributed by atoms with Gasteiger partial charge in [-0.1, -0.05) is 5.16 Å². The van der Waals surface area contributed by atoms with Gasteiger partial charge < -0.3 is 10.3 Å². The number of hydrogen-bond acceptors (Lipinski definition) is 5. The lowest BCUT2D eigenvalue weighted by Crippen LogP contribution is -2.15. The van der Waals surface area contributed by atoms with E-state index >= 15 is 0 Å². The lowest BCUT2D eigenvalue weighted by molar-refractivity contribution is 0.369. The van der Waals surface area contributed by atoms with E-state index in [0.29, 0.717) is 12.4 Å². The summed E-state index contributed by atoms with van der Waals surface area (Å²) in [6.45, 7) is 2.49. The van der Waals surface area contributed by atoms with Gasteiger partial charge in [0, 0.05) is 0 Å². The zero-order chi connectivity index (χ0) is 9.31. The first-order valence-electron chi connectivity index (χ1n) is 4.42. The summed E-state index contributed by atoms with van der Waals surface area (Å²) in [7, 11) is 0. The van der Waals surface area contributed by atoms with Crippen molar-refractivity contribution in [3.05, 3.63) is 11.7 Å². The maximum atomic E-state index is 5.40. The predicted molar refractivity (Wildman–Crippen MR) is 51.2 cm³/mol. The number of aromatic nitrogens is 2. The van der Waals surface area contributed by atoms with Crippen molar-refractivity contribution in [2.75, 3.05) is 5.75 Å². The molecule has 0 amide bonds. The van der Waals surface area contributed by atoms with Gasteiger partial charge in [0.25, 0.3) is 0 Å². The molecule has 1 aromatic heterocycles. The second kappa shape index (κ2) is 3.31. The maximum absolute atomic E-state index is 5.40. The smallest absolute Gasteiger partial charge is 0.240 e. The Morgan fingerprint density at radius 1 is 1.69 bits per heavy atom. The molecule has 2 rings (SSSR count). The molecule has 0 bridgehead atoms. The fourth-order valence-electron chi connectivity index (χ4n) is 1.51. The Morgan fingerprint density at radius 2 is 2.54 bits per heavy atom. The SMILES string of the molecule is CC1(c2noc(CN)n2)CCCS1. The lowest BCUT2D eigenvalue weighted by Gasteiger charge is -2.16. The van der Waals surface area contributed by atoms with Crippen LogP contribution in [-0.4, -0.2) is 15.9 Å². The van der Waals surface area contributed by atoms with Crippen LogP contribution in [0.5, 0.6) is 0 Å². The number of nitrogens with zero attached hydrogens (tertiary/aromatic N) is 2. The Bertz CT molecular complexity index is 293. The van der Waals surface area contributed by atoms with Crippen LogP contribution in [0, 0.1) is 0 Å². The molecule has 2 heterocycles. The van der Waals surface area contributed by atoms with Crippen LogP contribution in [-0.2, 0) is 11.3 Å². The zero-order valence-electron chi connectivity index (χ0n) is 7.62. The molecule has 1 unspecified atom stereocenters. The van der Waals surface area contributed by atoms with Crippen molar-refractivity contribution in [3.63, 3.8) is 0 Å². The Balaban J connectivity index is 2.23. The van der Waals surface area contributed by atoms with Crippen LogP contribution in [0.15, 0.2) is 4.52 Å². The fraction of sp³-hybridized carbons (Fsp3) is 0.750. The first kappa shape index (κ1) is 9.02. The third-order valence-corrected chi connectivity index (χ3v) is 3.85. The lowest BCUT2D eigenvalue weighted by atomic mass is 10.1. The predicted octanol–water partition coefficient (Wildman–Crippen LogP) is 1.27. The van der Waals surface area contributed by atoms with Crippen molar-refractivity contribution in [1.29, 1.82) is 0 Å². The van der Waals surface area contributed by atoms with Crippen LogP contribution in [0.4, 0.5) is 0 Å². The number of nitrogens with two attached hydrogens (primary N) is 1. The van der Waals surface area contributed by atoms with Gasteiger partial charge in [-0.05, 0) is 25.5 Å². The second-order valence-electron chi connectivity index (χ2n) is 3.40. The molecule has 0 saturated carbocycles. The molecule has 0 aliphatic carbocycles. The summed E-state index contributed by atoms with van der Waals surface area (Å²) in [4.78, 5) is 4.26. The van der Waals surface area contributed by atoms with Gasteiger partial charge in [0.05, 0.1) is 11.3 Å². The molecular weight excluding hydrogens is 186 g/mol. The van der Waals surface area contributed by atoms with Crippen LogP contribution >= 0.6 is 11.8 Å². The van der Waals surface area contributed by atoms with Crippen LogP contribution in [0.3, 0.4) is 0 Å². The van der Waals surface area contributed by atoms with Crippen LogP contribution < -0.4 is 5.73 Å². The number of rotatable bonds is 2. The number of thioether (sulfide) groups is 1. The van der Waals surface area contributed by atoms with E-state index in [-0.39, 0.29) is 4.75 Å². The van der Waals surface area contributed by atoms with Crippen molar-refractivity contribution in [1.82, 2.24) is 10.1 Å². The van der Waals surface area contributed by atoms with Crippen molar-refractivity contribution in [3.8, 4) is 0 Å². The van der Waals surface area contributed by atoms with E-state index in [4.69, 9.17) is 10.3 Å². The average molecular weight is 199 g/mol. The van der Waals surface area contributed by atoms with Crippen molar-refractivity contribution in [2.45, 2.75) is 31.1 Å². The standard InChI is InChI=1S/C8H13N3OS/c1-8(3-2-4-13-8)7-10-6(5-9)12-11-7/h2-5,9H2,1H3. The van der Waals surface area contributed by atoms with Crippen LogP contribution in [0.25, 0.3) is 0 Å². The molecule has 0 aromatic carbocycles. The molecule has 2 N–H and O–H groups in total. The highest BCUT2D eigenvalue weighted by Gasteiger charge is 2.35. The minimum absolute atomic E-state index is 0.0525. The zero-order valence-corrected chi connectivity index (χ0v) is 8.43. The largest absolute Gasteiger partial charge is 0.338 e. The van der Waals surface area contributed by atoms with E-state index in [1.165, 1.54) is 12.2 Å². The summed E-state index contributed by atoms with van der Waals surface area (Å²) < 4.78 is 5.04. The molecule has 1 aliphatic rings. The Hall–Kier alpha value is -0.550. The summed E-state index contributed by atoms with van der Waals surface area (Å²) >= 11 is 1.90. The van der Waals surface area contributed by atoms with Gasteiger partial charge in [-0.3, -0.25) is 0 Å². The summed E-state index contributed by atoms with van der Waals surface area (Å²) in [5.41, 5.74) is 5.40. The molecule has 0 spiro atoms. The highest BCUT2D eigenvalue weighted by molar-refractivity contribution is 8.00. The highest BCUT2D eigenvalue weighted by atomic mass is 32.2. The van der Waals surface area contributed by atoms with E-state index < -0.39 is 0 Å². The molecule has 1 atom stereocenters. The first-order chi connectivity index (χ1) is 6.24. The van der Waals surface area contributed by atoms with Gasteiger partial charge in [0.15, 0.2) is 5.82 Å². The van der Waals surface area contributed by atoms with Crippen molar-refractivity contribution in [2.24, 2.45) is 5.73 Å². The molecule has 13 heavy (non-hydrogen) atoms. The monoisotopic (exact) mass is 199 g/mol. The van der Waals surface area contributed by atoms with Crippen LogP contribution in [0.1, 0.15) is 31.5 Å². The third kappa shape index (κ3) is 1.58. The van der Waals surface area contributed by atoms with Gasteiger partial charge >= 0.3 is 0 Å². The molecule has 5 heteroatoms. The molecule has 4 nitrogen and oxygen atoms in total. The van der Waals surface area contributed by atoms with E-state index in [1.807, 2.05) is 11.8 Å². The van der Waals surface area contributed by atoms with Gasteiger partial charge in [0.1, 0.15) is 0 Å². The molecule has 1 aromatic rings. The number of hydrogen-bond donors (Lipinski definition) is 1. The maximum Gasteiger partial charge on any atom is 0.240 e. The molecular formula is C8H13N3OS. The summed E-state index contributed by atoms with van der Waals surface area (Å²) in [6, 6.07) is 0. The topological polar surface area (TPSA) is 64.9 Å². The normalized spacial score (nSPS) is 28.2. The van der Waals surface area contributed by atoms with Gasteiger partial charge in [-0.15, -0.1) is 11.8 Å². The Kier molecular flexibility index (Phi) is 2.29. The van der Waals surface area contributed by atoms with E-state index in [2.05, 4.69) is 17.1 Å². The summed E-state index contributed by atoms with van der Waals surface area (Å²) in [6.07, 6.45) is 2.36. The van der Waals surface area contributed by atoms with Gasteiger partial charge in [-0.2, -0.15) is 4.98 Å². The molecule has 1 fully saturated rings. The quantitative estimate of drug-likeness (QED) is 0.777. The Morgan fingerprint density at radius 3 is 3.08 bits per heavy atom. The van der Waals surface area contributed by atoms with Crippen molar-refractivity contribution >= 4 is 11.8 Å². The van der Waals surface area contributed by atoms with Crippen molar-refractivity contribution < 1.29 is 4.52 Å².